The minimum Gasteiger partial charge on any atom is -0.394 e. The van der Waals surface area contributed by atoms with Crippen LogP contribution < -0.4 is 5.32 Å². The average molecular weight is 860 g/mol. The van der Waals surface area contributed by atoms with Crippen LogP contribution in [0, 0.1) is 0 Å². The standard InChI is InChI=1S/C52H93NO8/c1-3-5-7-9-11-13-14-15-16-17-18-19-20-21-22-23-24-25-26-27-28-29-30-31-32-34-36-38-40-42-48(56)53-45(46(55)41-39-37-35-33-12-10-8-6-4-2)44-60-52-51(59)50(58)49(57)47(43-54)61-52/h5,7,11,13,15-16,18-19,21-22,45-47,49-52,54-55,57-59H,3-4,6,8-10,12,14,17,20,23-44H2,1-2H3,(H,53,56)/b7-5-,13-11-,16-15-,19-18-,22-21-. The lowest BCUT2D eigenvalue weighted by Crippen LogP contribution is -2.60. The Morgan fingerprint density at radius 2 is 1.02 bits per heavy atom. The Hall–Kier alpha value is -2.11. The van der Waals surface area contributed by atoms with Gasteiger partial charge in [-0.25, -0.2) is 0 Å². The Morgan fingerprint density at radius 3 is 1.51 bits per heavy atom. The maximum atomic E-state index is 13.0. The van der Waals surface area contributed by atoms with Crippen LogP contribution in [0.25, 0.3) is 0 Å². The third kappa shape index (κ3) is 32.2. The number of aliphatic hydroxyl groups excluding tert-OH is 5. The SMILES string of the molecule is CC/C=C\C/C=C\C/C=C\C/C=C\C/C=C\CCCCCCCCCCCCCCCC(=O)NC(COC1OC(CO)C(O)C(O)C1O)C(O)CCCCCCCCCCC. The van der Waals surface area contributed by atoms with Crippen LogP contribution in [0.2, 0.25) is 0 Å². The monoisotopic (exact) mass is 860 g/mol. The molecule has 0 aromatic heterocycles. The van der Waals surface area contributed by atoms with Gasteiger partial charge in [0.2, 0.25) is 5.91 Å². The van der Waals surface area contributed by atoms with Gasteiger partial charge in [0.1, 0.15) is 24.4 Å². The van der Waals surface area contributed by atoms with Crippen molar-refractivity contribution >= 4 is 5.91 Å². The summed E-state index contributed by atoms with van der Waals surface area (Å²) in [5, 5.41) is 54.3. The van der Waals surface area contributed by atoms with Gasteiger partial charge in [-0.2, -0.15) is 0 Å². The van der Waals surface area contributed by atoms with Gasteiger partial charge < -0.3 is 40.3 Å². The third-order valence-corrected chi connectivity index (χ3v) is 11.6. The van der Waals surface area contributed by atoms with E-state index >= 15 is 0 Å². The molecule has 0 saturated carbocycles. The van der Waals surface area contributed by atoms with E-state index in [0.29, 0.717) is 12.8 Å². The summed E-state index contributed by atoms with van der Waals surface area (Å²) in [6.45, 7) is 3.69. The summed E-state index contributed by atoms with van der Waals surface area (Å²) in [6.07, 6.45) is 48.2. The van der Waals surface area contributed by atoms with Crippen molar-refractivity contribution in [3.63, 3.8) is 0 Å². The lowest BCUT2D eigenvalue weighted by atomic mass is 9.99. The molecule has 1 aliphatic rings. The molecule has 9 nitrogen and oxygen atoms in total. The van der Waals surface area contributed by atoms with Crippen molar-refractivity contribution in [1.29, 1.82) is 0 Å². The van der Waals surface area contributed by atoms with E-state index in [2.05, 4.69) is 79.9 Å². The molecule has 1 saturated heterocycles. The van der Waals surface area contributed by atoms with Gasteiger partial charge in [-0.05, 0) is 57.8 Å². The summed E-state index contributed by atoms with van der Waals surface area (Å²) < 4.78 is 11.2. The maximum Gasteiger partial charge on any atom is 0.220 e. The zero-order valence-electron chi connectivity index (χ0n) is 38.9. The molecule has 9 heteroatoms. The number of rotatable bonds is 41. The number of allylic oxidation sites excluding steroid dienone is 10. The molecule has 0 aromatic carbocycles. The van der Waals surface area contributed by atoms with Gasteiger partial charge in [0.15, 0.2) is 6.29 Å². The maximum absolute atomic E-state index is 13.0. The fraction of sp³-hybridized carbons (Fsp3) is 0.788. The first-order valence-corrected chi connectivity index (χ1v) is 25.0. The fourth-order valence-electron chi connectivity index (χ4n) is 7.66. The topological polar surface area (TPSA) is 149 Å². The Kier molecular flexibility index (Phi) is 39.1. The second-order valence-electron chi connectivity index (χ2n) is 17.2. The minimum atomic E-state index is -1.55. The second-order valence-corrected chi connectivity index (χ2v) is 17.2. The summed E-state index contributed by atoms with van der Waals surface area (Å²) in [4.78, 5) is 13.0. The van der Waals surface area contributed by atoms with E-state index in [1.54, 1.807) is 0 Å². The summed E-state index contributed by atoms with van der Waals surface area (Å²) in [7, 11) is 0. The van der Waals surface area contributed by atoms with Gasteiger partial charge in [0.25, 0.3) is 0 Å². The molecule has 1 heterocycles. The molecule has 0 spiro atoms. The van der Waals surface area contributed by atoms with E-state index < -0.39 is 49.5 Å². The molecule has 1 amide bonds. The highest BCUT2D eigenvalue weighted by Crippen LogP contribution is 2.23. The van der Waals surface area contributed by atoms with Crippen LogP contribution in [-0.2, 0) is 14.3 Å². The molecule has 7 unspecified atom stereocenters. The van der Waals surface area contributed by atoms with E-state index in [4.69, 9.17) is 9.47 Å². The molecule has 61 heavy (non-hydrogen) atoms. The van der Waals surface area contributed by atoms with Gasteiger partial charge >= 0.3 is 0 Å². The van der Waals surface area contributed by atoms with E-state index in [1.165, 1.54) is 109 Å². The number of carbonyl (C=O) groups is 1. The van der Waals surface area contributed by atoms with Crippen LogP contribution in [0.5, 0.6) is 0 Å². The molecule has 0 radical (unpaired) electrons. The fourth-order valence-corrected chi connectivity index (χ4v) is 7.66. The van der Waals surface area contributed by atoms with E-state index in [0.717, 1.165) is 70.6 Å². The van der Waals surface area contributed by atoms with Crippen LogP contribution in [0.3, 0.4) is 0 Å². The first kappa shape index (κ1) is 56.9. The Morgan fingerprint density at radius 1 is 0.574 bits per heavy atom. The quantitative estimate of drug-likeness (QED) is 0.0263. The summed E-state index contributed by atoms with van der Waals surface area (Å²) in [6, 6.07) is -0.719. The Labute approximate surface area is 373 Å². The van der Waals surface area contributed by atoms with Crippen molar-refractivity contribution in [3.8, 4) is 0 Å². The molecular formula is C52H93NO8. The normalized spacial score (nSPS) is 20.9. The van der Waals surface area contributed by atoms with Gasteiger partial charge in [-0.1, -0.05) is 203 Å². The smallest absolute Gasteiger partial charge is 0.220 e. The van der Waals surface area contributed by atoms with Gasteiger partial charge in [0.05, 0.1) is 25.4 Å². The van der Waals surface area contributed by atoms with Crippen molar-refractivity contribution in [1.82, 2.24) is 5.32 Å². The van der Waals surface area contributed by atoms with Crippen molar-refractivity contribution < 1.29 is 39.8 Å². The molecule has 354 valence electrons. The van der Waals surface area contributed by atoms with Crippen LogP contribution in [-0.4, -0.2) is 87.5 Å². The molecular weight excluding hydrogens is 767 g/mol. The lowest BCUT2D eigenvalue weighted by Gasteiger charge is -2.40. The number of nitrogens with one attached hydrogen (secondary N) is 1. The Balaban J connectivity index is 2.15. The molecule has 0 bridgehead atoms. The first-order valence-electron chi connectivity index (χ1n) is 25.0. The Bertz CT molecular complexity index is 1140. The lowest BCUT2D eigenvalue weighted by molar-refractivity contribution is -0.302. The van der Waals surface area contributed by atoms with E-state index in [-0.39, 0.29) is 12.5 Å². The predicted octanol–water partition coefficient (Wildman–Crippen LogP) is 11.2. The number of unbranched alkanes of at least 4 members (excludes halogenated alkanes) is 21. The van der Waals surface area contributed by atoms with E-state index in [9.17, 15) is 30.3 Å². The molecule has 0 aromatic rings. The molecule has 0 aliphatic carbocycles. The van der Waals surface area contributed by atoms with Crippen molar-refractivity contribution in [2.45, 2.75) is 249 Å². The van der Waals surface area contributed by atoms with Crippen molar-refractivity contribution in [3.05, 3.63) is 60.8 Å². The van der Waals surface area contributed by atoms with Crippen LogP contribution in [0.1, 0.15) is 206 Å². The molecule has 7 atom stereocenters. The van der Waals surface area contributed by atoms with Gasteiger partial charge in [0, 0.05) is 6.42 Å². The third-order valence-electron chi connectivity index (χ3n) is 11.6. The highest BCUT2D eigenvalue weighted by Gasteiger charge is 2.44. The number of ether oxygens (including phenoxy) is 2. The van der Waals surface area contributed by atoms with Crippen LogP contribution in [0.4, 0.5) is 0 Å². The van der Waals surface area contributed by atoms with Crippen LogP contribution in [0.15, 0.2) is 60.8 Å². The molecule has 1 rings (SSSR count). The highest BCUT2D eigenvalue weighted by atomic mass is 16.7. The summed E-state index contributed by atoms with van der Waals surface area (Å²) in [5.74, 6) is -0.150. The second kappa shape index (κ2) is 41.9. The zero-order chi connectivity index (χ0) is 44.4. The number of carbonyl (C=O) groups excluding carboxylic acids is 1. The van der Waals surface area contributed by atoms with Gasteiger partial charge in [-0.3, -0.25) is 4.79 Å². The summed E-state index contributed by atoms with van der Waals surface area (Å²) >= 11 is 0. The molecule has 1 aliphatic heterocycles. The predicted molar refractivity (Wildman–Crippen MR) is 253 cm³/mol. The first-order chi connectivity index (χ1) is 29.8. The average Bonchev–Trinajstić information content (AvgIpc) is 3.26. The highest BCUT2D eigenvalue weighted by molar-refractivity contribution is 5.76. The minimum absolute atomic E-state index is 0.140. The van der Waals surface area contributed by atoms with Crippen molar-refractivity contribution in [2.75, 3.05) is 13.2 Å². The van der Waals surface area contributed by atoms with Crippen LogP contribution >= 0.6 is 0 Å². The van der Waals surface area contributed by atoms with E-state index in [1.807, 2.05) is 0 Å². The van der Waals surface area contributed by atoms with Crippen molar-refractivity contribution in [2.24, 2.45) is 0 Å². The molecule has 1 fully saturated rings. The number of hydrogen-bond acceptors (Lipinski definition) is 8. The zero-order valence-corrected chi connectivity index (χ0v) is 38.9. The number of aliphatic hydroxyl groups is 5. The summed E-state index contributed by atoms with van der Waals surface area (Å²) in [5.41, 5.74) is 0. The molecule has 6 N–H and O–H groups in total. The number of amides is 1. The largest absolute Gasteiger partial charge is 0.394 e. The number of hydrogen-bond donors (Lipinski definition) is 6. The van der Waals surface area contributed by atoms with Gasteiger partial charge in [-0.15, -0.1) is 0 Å².